The lowest BCUT2D eigenvalue weighted by molar-refractivity contribution is 0.0601. The standard InChI is InChI=1S/C16H15BrFNO2/c1-10(14-7-6-12(17)9-15(14)18)19-13-5-3-4-11(8-13)16(20)21-2/h3-10,19H,1-2H3. The van der Waals surface area contributed by atoms with Crippen LogP contribution in [0.2, 0.25) is 0 Å². The fourth-order valence-corrected chi connectivity index (χ4v) is 2.37. The number of nitrogens with one attached hydrogen (secondary N) is 1. The van der Waals surface area contributed by atoms with Gasteiger partial charge in [0.25, 0.3) is 0 Å². The van der Waals surface area contributed by atoms with Gasteiger partial charge in [0.2, 0.25) is 0 Å². The Kier molecular flexibility index (Phi) is 4.96. The predicted molar refractivity (Wildman–Crippen MR) is 83.9 cm³/mol. The van der Waals surface area contributed by atoms with Gasteiger partial charge in [-0.1, -0.05) is 28.1 Å². The molecule has 0 spiro atoms. The summed E-state index contributed by atoms with van der Waals surface area (Å²) in [5, 5.41) is 3.17. The number of hydrogen-bond donors (Lipinski definition) is 1. The molecule has 21 heavy (non-hydrogen) atoms. The van der Waals surface area contributed by atoms with Gasteiger partial charge in [0.05, 0.1) is 18.7 Å². The summed E-state index contributed by atoms with van der Waals surface area (Å²) in [4.78, 5) is 11.5. The second-order valence-electron chi connectivity index (χ2n) is 4.60. The lowest BCUT2D eigenvalue weighted by atomic mass is 10.1. The number of benzene rings is 2. The molecule has 0 aliphatic rings. The van der Waals surface area contributed by atoms with Crippen LogP contribution < -0.4 is 5.32 Å². The number of rotatable bonds is 4. The molecule has 0 aromatic heterocycles. The van der Waals surface area contributed by atoms with Crippen LogP contribution in [0.4, 0.5) is 10.1 Å². The topological polar surface area (TPSA) is 38.3 Å². The Hall–Kier alpha value is -1.88. The molecular weight excluding hydrogens is 337 g/mol. The number of esters is 1. The van der Waals surface area contributed by atoms with Gasteiger partial charge in [-0.2, -0.15) is 0 Å². The van der Waals surface area contributed by atoms with Gasteiger partial charge in [0, 0.05) is 15.7 Å². The summed E-state index contributed by atoms with van der Waals surface area (Å²) in [6.45, 7) is 1.86. The fraction of sp³-hybridized carbons (Fsp3) is 0.188. The fourth-order valence-electron chi connectivity index (χ4n) is 2.03. The zero-order valence-corrected chi connectivity index (χ0v) is 13.3. The van der Waals surface area contributed by atoms with Crippen molar-refractivity contribution in [3.8, 4) is 0 Å². The van der Waals surface area contributed by atoms with Crippen molar-refractivity contribution in [1.82, 2.24) is 0 Å². The molecule has 110 valence electrons. The molecule has 0 heterocycles. The second-order valence-corrected chi connectivity index (χ2v) is 5.52. The first-order chi connectivity index (χ1) is 10.0. The largest absolute Gasteiger partial charge is 0.465 e. The van der Waals surface area contributed by atoms with Crippen molar-refractivity contribution in [2.75, 3.05) is 12.4 Å². The average Bonchev–Trinajstić information content (AvgIpc) is 2.46. The van der Waals surface area contributed by atoms with E-state index in [2.05, 4.69) is 26.0 Å². The van der Waals surface area contributed by atoms with Crippen molar-refractivity contribution in [2.24, 2.45) is 0 Å². The van der Waals surface area contributed by atoms with Crippen molar-refractivity contribution in [3.63, 3.8) is 0 Å². The van der Waals surface area contributed by atoms with E-state index in [-0.39, 0.29) is 11.9 Å². The minimum Gasteiger partial charge on any atom is -0.465 e. The van der Waals surface area contributed by atoms with E-state index in [0.717, 1.165) is 5.69 Å². The van der Waals surface area contributed by atoms with Gasteiger partial charge in [-0.3, -0.25) is 0 Å². The Balaban J connectivity index is 2.19. The highest BCUT2D eigenvalue weighted by atomic mass is 79.9. The zero-order chi connectivity index (χ0) is 15.4. The first-order valence-corrected chi connectivity index (χ1v) is 7.20. The molecule has 0 bridgehead atoms. The van der Waals surface area contributed by atoms with E-state index in [1.54, 1.807) is 30.3 Å². The quantitative estimate of drug-likeness (QED) is 0.821. The Morgan fingerprint density at radius 3 is 2.71 bits per heavy atom. The number of carbonyl (C=O) groups excluding carboxylic acids is 1. The molecule has 2 rings (SSSR count). The Morgan fingerprint density at radius 1 is 1.29 bits per heavy atom. The summed E-state index contributed by atoms with van der Waals surface area (Å²) in [7, 11) is 1.34. The summed E-state index contributed by atoms with van der Waals surface area (Å²) < 4.78 is 19.3. The van der Waals surface area contributed by atoms with Gasteiger partial charge in [-0.05, 0) is 37.3 Å². The Morgan fingerprint density at radius 2 is 2.05 bits per heavy atom. The molecular formula is C16H15BrFNO2. The number of anilines is 1. The lowest BCUT2D eigenvalue weighted by Crippen LogP contribution is -2.09. The van der Waals surface area contributed by atoms with Crippen molar-refractivity contribution in [2.45, 2.75) is 13.0 Å². The highest BCUT2D eigenvalue weighted by molar-refractivity contribution is 9.10. The van der Waals surface area contributed by atoms with Gasteiger partial charge < -0.3 is 10.1 Å². The van der Waals surface area contributed by atoms with Crippen molar-refractivity contribution in [1.29, 1.82) is 0 Å². The van der Waals surface area contributed by atoms with Crippen LogP contribution in [0.5, 0.6) is 0 Å². The Bertz CT molecular complexity index is 660. The number of carbonyl (C=O) groups is 1. The third-order valence-electron chi connectivity index (χ3n) is 3.10. The summed E-state index contributed by atoms with van der Waals surface area (Å²) in [5.74, 6) is -0.686. The van der Waals surface area contributed by atoms with Gasteiger partial charge in [0.15, 0.2) is 0 Å². The third kappa shape index (κ3) is 3.82. The van der Waals surface area contributed by atoms with E-state index in [0.29, 0.717) is 15.6 Å². The van der Waals surface area contributed by atoms with Crippen LogP contribution in [-0.4, -0.2) is 13.1 Å². The lowest BCUT2D eigenvalue weighted by Gasteiger charge is -2.17. The SMILES string of the molecule is COC(=O)c1cccc(NC(C)c2ccc(Br)cc2F)c1. The maximum Gasteiger partial charge on any atom is 0.337 e. The highest BCUT2D eigenvalue weighted by Gasteiger charge is 2.12. The van der Waals surface area contributed by atoms with Crippen molar-refractivity contribution < 1.29 is 13.9 Å². The van der Waals surface area contributed by atoms with Gasteiger partial charge >= 0.3 is 5.97 Å². The van der Waals surface area contributed by atoms with E-state index in [4.69, 9.17) is 0 Å². The minimum atomic E-state index is -0.402. The molecule has 5 heteroatoms. The zero-order valence-electron chi connectivity index (χ0n) is 11.7. The number of methoxy groups -OCH3 is 1. The second kappa shape index (κ2) is 6.72. The molecule has 1 N–H and O–H groups in total. The Labute approximate surface area is 131 Å². The number of hydrogen-bond acceptors (Lipinski definition) is 3. The average molecular weight is 352 g/mol. The monoisotopic (exact) mass is 351 g/mol. The smallest absolute Gasteiger partial charge is 0.337 e. The van der Waals surface area contributed by atoms with Crippen molar-refractivity contribution >= 4 is 27.6 Å². The molecule has 2 aromatic rings. The molecule has 1 unspecified atom stereocenters. The van der Waals surface area contributed by atoms with Gasteiger partial charge in [-0.15, -0.1) is 0 Å². The first-order valence-electron chi connectivity index (χ1n) is 6.41. The molecule has 0 amide bonds. The summed E-state index contributed by atoms with van der Waals surface area (Å²) in [6.07, 6.45) is 0. The van der Waals surface area contributed by atoms with Crippen LogP contribution in [-0.2, 0) is 4.74 Å². The summed E-state index contributed by atoms with van der Waals surface area (Å²) >= 11 is 3.23. The molecule has 0 aliphatic heterocycles. The van der Waals surface area contributed by atoms with Gasteiger partial charge in [-0.25, -0.2) is 9.18 Å². The molecule has 1 atom stereocenters. The molecule has 0 radical (unpaired) electrons. The third-order valence-corrected chi connectivity index (χ3v) is 3.59. The number of halogens is 2. The van der Waals surface area contributed by atoms with Crippen LogP contribution in [0.15, 0.2) is 46.9 Å². The van der Waals surface area contributed by atoms with E-state index >= 15 is 0 Å². The number of ether oxygens (including phenoxy) is 1. The summed E-state index contributed by atoms with van der Waals surface area (Å²) in [6, 6.07) is 11.6. The first kappa shape index (κ1) is 15.5. The predicted octanol–water partition coefficient (Wildman–Crippen LogP) is 4.55. The van der Waals surface area contributed by atoms with Crippen LogP contribution in [0.3, 0.4) is 0 Å². The molecule has 0 aliphatic carbocycles. The van der Waals surface area contributed by atoms with Crippen LogP contribution in [0.1, 0.15) is 28.9 Å². The molecule has 0 saturated heterocycles. The van der Waals surface area contributed by atoms with Crippen LogP contribution in [0.25, 0.3) is 0 Å². The van der Waals surface area contributed by atoms with E-state index in [9.17, 15) is 9.18 Å². The van der Waals surface area contributed by atoms with E-state index in [1.807, 2.05) is 13.0 Å². The van der Waals surface area contributed by atoms with Gasteiger partial charge in [0.1, 0.15) is 5.82 Å². The van der Waals surface area contributed by atoms with Crippen LogP contribution >= 0.6 is 15.9 Å². The molecule has 0 saturated carbocycles. The minimum absolute atomic E-state index is 0.231. The maximum absolute atomic E-state index is 13.9. The van der Waals surface area contributed by atoms with Crippen molar-refractivity contribution in [3.05, 3.63) is 63.9 Å². The molecule has 0 fully saturated rings. The molecule has 3 nitrogen and oxygen atoms in total. The van der Waals surface area contributed by atoms with E-state index < -0.39 is 5.97 Å². The normalized spacial score (nSPS) is 11.8. The maximum atomic E-state index is 13.9. The highest BCUT2D eigenvalue weighted by Crippen LogP contribution is 2.24. The summed E-state index contributed by atoms with van der Waals surface area (Å²) in [5.41, 5.74) is 1.74. The van der Waals surface area contributed by atoms with E-state index in [1.165, 1.54) is 13.2 Å². The van der Waals surface area contributed by atoms with Crippen LogP contribution in [0, 0.1) is 5.82 Å². The molecule has 2 aromatic carbocycles.